The van der Waals surface area contributed by atoms with Crippen molar-refractivity contribution >= 4 is 5.82 Å². The summed E-state index contributed by atoms with van der Waals surface area (Å²) in [4.78, 5) is 0. The van der Waals surface area contributed by atoms with E-state index in [4.69, 9.17) is 0 Å². The van der Waals surface area contributed by atoms with Gasteiger partial charge in [-0.1, -0.05) is 0 Å². The molecule has 0 radical (unpaired) electrons. The van der Waals surface area contributed by atoms with Crippen LogP contribution in [0.1, 0.15) is 0 Å². The molecule has 0 saturated heterocycles. The smallest absolute Gasteiger partial charge is 0.129 e. The number of hydrogen-bond donors (Lipinski definition) is 2. The summed E-state index contributed by atoms with van der Waals surface area (Å²) in [5.41, 5.74) is 0.921. The number of anilines is 1. The molecule has 0 saturated carbocycles. The van der Waals surface area contributed by atoms with Crippen LogP contribution in [0.3, 0.4) is 0 Å². The predicted molar refractivity (Wildman–Crippen MR) is 45.3 cm³/mol. The molecular weight excluding hydrogens is 154 g/mol. The lowest BCUT2D eigenvalue weighted by molar-refractivity contribution is 0.886. The molecule has 2 rings (SSSR count). The number of hydrogen-bond acceptors (Lipinski definition) is 3. The lowest BCUT2D eigenvalue weighted by atomic mass is 10.5. The van der Waals surface area contributed by atoms with E-state index in [1.807, 2.05) is 13.1 Å². The van der Waals surface area contributed by atoms with Crippen LogP contribution in [0.4, 0.5) is 5.82 Å². The van der Waals surface area contributed by atoms with Crippen molar-refractivity contribution in [3.8, 4) is 5.69 Å². The van der Waals surface area contributed by atoms with E-state index in [-0.39, 0.29) is 0 Å². The molecule has 0 atom stereocenters. The van der Waals surface area contributed by atoms with Crippen molar-refractivity contribution in [2.45, 2.75) is 0 Å². The molecule has 0 fully saturated rings. The maximum Gasteiger partial charge on any atom is 0.129 e. The van der Waals surface area contributed by atoms with Gasteiger partial charge >= 0.3 is 0 Å². The number of nitrogens with zero attached hydrogens (tertiary/aromatic N) is 3. The SMILES string of the molecule is CNc1ccnn1-c1cn[nH]c1. The fraction of sp³-hybridized carbons (Fsp3) is 0.143. The summed E-state index contributed by atoms with van der Waals surface area (Å²) in [6.45, 7) is 0. The maximum absolute atomic E-state index is 4.12. The van der Waals surface area contributed by atoms with Crippen molar-refractivity contribution in [3.05, 3.63) is 24.7 Å². The molecule has 0 bridgehead atoms. The highest BCUT2D eigenvalue weighted by Crippen LogP contribution is 2.11. The van der Waals surface area contributed by atoms with Gasteiger partial charge in [-0.25, -0.2) is 4.68 Å². The molecule has 0 aliphatic rings. The number of aromatic amines is 1. The Hall–Kier alpha value is -1.78. The summed E-state index contributed by atoms with van der Waals surface area (Å²) in [7, 11) is 1.85. The van der Waals surface area contributed by atoms with Crippen molar-refractivity contribution in [3.63, 3.8) is 0 Å². The van der Waals surface area contributed by atoms with Gasteiger partial charge in [0.25, 0.3) is 0 Å². The van der Waals surface area contributed by atoms with Gasteiger partial charge in [0.2, 0.25) is 0 Å². The normalized spacial score (nSPS) is 10.1. The second-order valence-electron chi connectivity index (χ2n) is 2.33. The summed E-state index contributed by atoms with van der Waals surface area (Å²) < 4.78 is 1.77. The van der Waals surface area contributed by atoms with E-state index in [0.29, 0.717) is 0 Å². The highest BCUT2D eigenvalue weighted by molar-refractivity contribution is 5.41. The molecule has 5 heteroatoms. The number of nitrogens with one attached hydrogen (secondary N) is 2. The molecule has 2 aromatic rings. The summed E-state index contributed by atoms with van der Waals surface area (Å²) >= 11 is 0. The highest BCUT2D eigenvalue weighted by Gasteiger charge is 2.02. The molecule has 5 nitrogen and oxygen atoms in total. The van der Waals surface area contributed by atoms with Crippen LogP contribution in [0.2, 0.25) is 0 Å². The Balaban J connectivity index is 2.46. The first-order chi connectivity index (χ1) is 5.92. The predicted octanol–water partition coefficient (Wildman–Crippen LogP) is 0.637. The standard InChI is InChI=1S/C7H9N5/c1-8-7-2-3-11-12(7)6-4-9-10-5-6/h2-5,8H,1H3,(H,9,10). The van der Waals surface area contributed by atoms with Gasteiger partial charge in [0.1, 0.15) is 11.5 Å². The van der Waals surface area contributed by atoms with Crippen molar-refractivity contribution in [2.24, 2.45) is 0 Å². The van der Waals surface area contributed by atoms with Gasteiger partial charge in [-0.15, -0.1) is 0 Å². The zero-order chi connectivity index (χ0) is 8.39. The van der Waals surface area contributed by atoms with Gasteiger partial charge in [0.05, 0.1) is 12.4 Å². The van der Waals surface area contributed by atoms with E-state index in [1.54, 1.807) is 23.3 Å². The monoisotopic (exact) mass is 163 g/mol. The minimum absolute atomic E-state index is 0.921. The van der Waals surface area contributed by atoms with E-state index < -0.39 is 0 Å². The zero-order valence-corrected chi connectivity index (χ0v) is 6.65. The Bertz CT molecular complexity index is 348. The molecule has 0 spiro atoms. The summed E-state index contributed by atoms with van der Waals surface area (Å²) in [5, 5.41) is 13.7. The van der Waals surface area contributed by atoms with Crippen LogP contribution >= 0.6 is 0 Å². The Labute approximate surface area is 69.4 Å². The van der Waals surface area contributed by atoms with E-state index in [9.17, 15) is 0 Å². The molecule has 2 heterocycles. The molecule has 62 valence electrons. The molecule has 12 heavy (non-hydrogen) atoms. The van der Waals surface area contributed by atoms with Crippen LogP contribution in [0.5, 0.6) is 0 Å². The van der Waals surface area contributed by atoms with Crippen molar-refractivity contribution < 1.29 is 0 Å². The third-order valence-corrected chi connectivity index (χ3v) is 1.63. The van der Waals surface area contributed by atoms with Crippen molar-refractivity contribution in [2.75, 3.05) is 12.4 Å². The molecule has 2 N–H and O–H groups in total. The quantitative estimate of drug-likeness (QED) is 0.683. The van der Waals surface area contributed by atoms with Crippen molar-refractivity contribution in [1.82, 2.24) is 20.0 Å². The Morgan fingerprint density at radius 3 is 3.17 bits per heavy atom. The van der Waals surface area contributed by atoms with E-state index >= 15 is 0 Å². The molecular formula is C7H9N5. The molecule has 0 aliphatic carbocycles. The maximum atomic E-state index is 4.12. The average Bonchev–Trinajstić information content (AvgIpc) is 2.74. The summed E-state index contributed by atoms with van der Waals surface area (Å²) in [6.07, 6.45) is 5.24. The number of aromatic nitrogens is 4. The summed E-state index contributed by atoms with van der Waals surface area (Å²) in [5.74, 6) is 0.941. The van der Waals surface area contributed by atoms with Crippen LogP contribution in [0.25, 0.3) is 5.69 Å². The number of rotatable bonds is 2. The van der Waals surface area contributed by atoms with E-state index in [2.05, 4.69) is 20.6 Å². The van der Waals surface area contributed by atoms with Gasteiger partial charge in [-0.05, 0) is 0 Å². The van der Waals surface area contributed by atoms with Gasteiger partial charge in [-0.3, -0.25) is 5.10 Å². The fourth-order valence-corrected chi connectivity index (χ4v) is 1.06. The topological polar surface area (TPSA) is 58.5 Å². The van der Waals surface area contributed by atoms with Crippen LogP contribution < -0.4 is 5.32 Å². The van der Waals surface area contributed by atoms with E-state index in [1.165, 1.54) is 0 Å². The molecule has 0 unspecified atom stereocenters. The molecule has 0 aromatic carbocycles. The third-order valence-electron chi connectivity index (χ3n) is 1.63. The van der Waals surface area contributed by atoms with Gasteiger partial charge in [-0.2, -0.15) is 10.2 Å². The Morgan fingerprint density at radius 2 is 2.50 bits per heavy atom. The second kappa shape index (κ2) is 2.69. The fourth-order valence-electron chi connectivity index (χ4n) is 1.06. The second-order valence-corrected chi connectivity index (χ2v) is 2.33. The lowest BCUT2D eigenvalue weighted by Crippen LogP contribution is -2.00. The Morgan fingerprint density at radius 1 is 1.58 bits per heavy atom. The molecule has 2 aromatic heterocycles. The van der Waals surface area contributed by atoms with Gasteiger partial charge < -0.3 is 5.32 Å². The minimum atomic E-state index is 0.921. The Kier molecular flexibility index (Phi) is 1.55. The molecule has 0 aliphatic heterocycles. The molecule has 0 amide bonds. The zero-order valence-electron chi connectivity index (χ0n) is 6.65. The minimum Gasteiger partial charge on any atom is -0.373 e. The van der Waals surface area contributed by atoms with Gasteiger partial charge in [0.15, 0.2) is 0 Å². The van der Waals surface area contributed by atoms with Crippen LogP contribution in [0.15, 0.2) is 24.7 Å². The first-order valence-corrected chi connectivity index (χ1v) is 3.63. The first kappa shape index (κ1) is 6.90. The van der Waals surface area contributed by atoms with E-state index in [0.717, 1.165) is 11.5 Å². The first-order valence-electron chi connectivity index (χ1n) is 3.63. The van der Waals surface area contributed by atoms with Crippen LogP contribution in [-0.2, 0) is 0 Å². The number of H-pyrrole nitrogens is 1. The highest BCUT2D eigenvalue weighted by atomic mass is 15.3. The van der Waals surface area contributed by atoms with Crippen LogP contribution in [-0.4, -0.2) is 27.0 Å². The van der Waals surface area contributed by atoms with Crippen LogP contribution in [0, 0.1) is 0 Å². The van der Waals surface area contributed by atoms with Gasteiger partial charge in [0, 0.05) is 19.3 Å². The average molecular weight is 163 g/mol. The lowest BCUT2D eigenvalue weighted by Gasteiger charge is -2.01. The van der Waals surface area contributed by atoms with Crippen molar-refractivity contribution in [1.29, 1.82) is 0 Å². The summed E-state index contributed by atoms with van der Waals surface area (Å²) in [6, 6.07) is 1.90. The third kappa shape index (κ3) is 0.952. The largest absolute Gasteiger partial charge is 0.373 e.